The standard InChI is InChI=1S/C25H22F3N3O5/c1-2-35-24(34)31-20-10-5-11-21(14-20)36-15-22(32)29-18-8-3-6-16(12-18)23(33)30-19-9-4-7-17(13-19)25(26,27)28/h3-14H,2,15H2,1H3,(H,29,32)(H,30,33)(H,31,34). The van der Waals surface area contributed by atoms with E-state index in [2.05, 4.69) is 16.0 Å². The van der Waals surface area contributed by atoms with Crippen LogP contribution in [-0.4, -0.2) is 31.1 Å². The van der Waals surface area contributed by atoms with E-state index in [0.29, 0.717) is 11.4 Å². The van der Waals surface area contributed by atoms with Crippen LogP contribution >= 0.6 is 0 Å². The molecule has 0 heterocycles. The number of nitrogens with one attached hydrogen (secondary N) is 3. The monoisotopic (exact) mass is 501 g/mol. The zero-order chi connectivity index (χ0) is 26.1. The molecule has 11 heteroatoms. The molecule has 0 atom stereocenters. The summed E-state index contributed by atoms with van der Waals surface area (Å²) in [4.78, 5) is 36.3. The van der Waals surface area contributed by atoms with E-state index in [1.54, 1.807) is 31.2 Å². The first kappa shape index (κ1) is 26.1. The second kappa shape index (κ2) is 11.7. The summed E-state index contributed by atoms with van der Waals surface area (Å²) in [6.07, 6.45) is -5.16. The highest BCUT2D eigenvalue weighted by Gasteiger charge is 2.30. The van der Waals surface area contributed by atoms with Crippen molar-refractivity contribution in [2.75, 3.05) is 29.2 Å². The van der Waals surface area contributed by atoms with Gasteiger partial charge in [-0.3, -0.25) is 14.9 Å². The number of carbonyl (C=O) groups is 3. The van der Waals surface area contributed by atoms with Crippen molar-refractivity contribution in [1.82, 2.24) is 0 Å². The third-order valence-electron chi connectivity index (χ3n) is 4.58. The molecule has 3 N–H and O–H groups in total. The van der Waals surface area contributed by atoms with Crippen molar-refractivity contribution >= 4 is 35.0 Å². The van der Waals surface area contributed by atoms with Crippen LogP contribution in [0.15, 0.2) is 72.8 Å². The lowest BCUT2D eigenvalue weighted by Gasteiger charge is -2.11. The maximum absolute atomic E-state index is 12.9. The van der Waals surface area contributed by atoms with Crippen LogP contribution in [-0.2, 0) is 15.7 Å². The minimum absolute atomic E-state index is 0.0164. The van der Waals surface area contributed by atoms with Crippen molar-refractivity contribution < 1.29 is 37.0 Å². The Morgan fingerprint density at radius 3 is 2.14 bits per heavy atom. The molecule has 3 aromatic carbocycles. The Balaban J connectivity index is 1.57. The van der Waals surface area contributed by atoms with Crippen LogP contribution in [0.2, 0.25) is 0 Å². The van der Waals surface area contributed by atoms with E-state index in [1.807, 2.05) is 0 Å². The quantitative estimate of drug-likeness (QED) is 0.376. The van der Waals surface area contributed by atoms with Gasteiger partial charge in [0.2, 0.25) is 0 Å². The number of hydrogen-bond donors (Lipinski definition) is 3. The molecule has 0 fully saturated rings. The number of amides is 3. The maximum atomic E-state index is 12.9. The summed E-state index contributed by atoms with van der Waals surface area (Å²) >= 11 is 0. The summed E-state index contributed by atoms with van der Waals surface area (Å²) < 4.78 is 48.9. The molecule has 0 unspecified atom stereocenters. The number of benzene rings is 3. The average Bonchev–Trinajstić information content (AvgIpc) is 2.83. The van der Waals surface area contributed by atoms with Gasteiger partial charge in [-0.2, -0.15) is 13.2 Å². The first-order valence-corrected chi connectivity index (χ1v) is 10.7. The minimum Gasteiger partial charge on any atom is -0.484 e. The lowest BCUT2D eigenvalue weighted by Crippen LogP contribution is -2.20. The predicted molar refractivity (Wildman–Crippen MR) is 127 cm³/mol. The Bertz CT molecular complexity index is 1250. The van der Waals surface area contributed by atoms with Gasteiger partial charge >= 0.3 is 12.3 Å². The molecule has 0 aliphatic rings. The minimum atomic E-state index is -4.54. The molecular formula is C25H22F3N3O5. The fourth-order valence-electron chi connectivity index (χ4n) is 3.01. The van der Waals surface area contributed by atoms with Gasteiger partial charge in [-0.15, -0.1) is 0 Å². The molecule has 0 bridgehead atoms. The van der Waals surface area contributed by atoms with Crippen LogP contribution in [0.3, 0.4) is 0 Å². The van der Waals surface area contributed by atoms with E-state index >= 15 is 0 Å². The summed E-state index contributed by atoms with van der Waals surface area (Å²) in [5, 5.41) is 7.51. The van der Waals surface area contributed by atoms with Gasteiger partial charge in [-0.25, -0.2) is 4.79 Å². The molecule has 0 spiro atoms. The van der Waals surface area contributed by atoms with Crippen LogP contribution in [0.1, 0.15) is 22.8 Å². The van der Waals surface area contributed by atoms with Crippen LogP contribution in [0.5, 0.6) is 5.75 Å². The van der Waals surface area contributed by atoms with Gasteiger partial charge in [0.25, 0.3) is 11.8 Å². The molecule has 8 nitrogen and oxygen atoms in total. The van der Waals surface area contributed by atoms with E-state index in [4.69, 9.17) is 9.47 Å². The second-order valence-electron chi connectivity index (χ2n) is 7.32. The van der Waals surface area contributed by atoms with Crippen molar-refractivity contribution in [3.8, 4) is 5.75 Å². The Morgan fingerprint density at radius 1 is 0.806 bits per heavy atom. The topological polar surface area (TPSA) is 106 Å². The third kappa shape index (κ3) is 7.76. The number of carbonyl (C=O) groups excluding carboxylic acids is 3. The number of anilines is 3. The summed E-state index contributed by atoms with van der Waals surface area (Å²) in [5.41, 5.74) is -0.0615. The molecule has 0 saturated heterocycles. The van der Waals surface area contributed by atoms with Crippen LogP contribution in [0.25, 0.3) is 0 Å². The van der Waals surface area contributed by atoms with Crippen molar-refractivity contribution in [3.05, 3.63) is 83.9 Å². The first-order chi connectivity index (χ1) is 17.1. The van der Waals surface area contributed by atoms with E-state index in [9.17, 15) is 27.6 Å². The SMILES string of the molecule is CCOC(=O)Nc1cccc(OCC(=O)Nc2cccc(C(=O)Nc3cccc(C(F)(F)F)c3)c2)c1. The Hall–Kier alpha value is -4.54. The first-order valence-electron chi connectivity index (χ1n) is 10.7. The van der Waals surface area contributed by atoms with E-state index in [1.165, 1.54) is 36.4 Å². The molecule has 0 aliphatic carbocycles. The van der Waals surface area contributed by atoms with Gasteiger partial charge in [0.05, 0.1) is 12.2 Å². The zero-order valence-electron chi connectivity index (χ0n) is 19.0. The molecule has 36 heavy (non-hydrogen) atoms. The predicted octanol–water partition coefficient (Wildman–Crippen LogP) is 5.54. The summed E-state index contributed by atoms with van der Waals surface area (Å²) in [6, 6.07) is 16.5. The van der Waals surface area contributed by atoms with Gasteiger partial charge < -0.3 is 20.1 Å². The van der Waals surface area contributed by atoms with Crippen LogP contribution in [0, 0.1) is 0 Å². The number of halogens is 3. The normalized spacial score (nSPS) is 10.8. The van der Waals surface area contributed by atoms with E-state index in [-0.39, 0.29) is 30.2 Å². The molecule has 3 rings (SSSR count). The molecule has 0 aliphatic heterocycles. The number of ether oxygens (including phenoxy) is 2. The van der Waals surface area contributed by atoms with Crippen molar-refractivity contribution in [2.24, 2.45) is 0 Å². The molecule has 0 radical (unpaired) electrons. The summed E-state index contributed by atoms with van der Waals surface area (Å²) in [7, 11) is 0. The van der Waals surface area contributed by atoms with E-state index in [0.717, 1.165) is 12.1 Å². The molecule has 3 amide bonds. The fourth-order valence-corrected chi connectivity index (χ4v) is 3.01. The van der Waals surface area contributed by atoms with E-state index < -0.39 is 29.6 Å². The number of rotatable bonds is 8. The Kier molecular flexibility index (Phi) is 8.50. The van der Waals surface area contributed by atoms with Crippen molar-refractivity contribution in [2.45, 2.75) is 13.1 Å². The smallest absolute Gasteiger partial charge is 0.416 e. The zero-order valence-corrected chi connectivity index (χ0v) is 19.0. The maximum Gasteiger partial charge on any atom is 0.416 e. The highest BCUT2D eigenvalue weighted by atomic mass is 19.4. The van der Waals surface area contributed by atoms with Crippen LogP contribution < -0.4 is 20.7 Å². The van der Waals surface area contributed by atoms with Gasteiger partial charge in [-0.1, -0.05) is 18.2 Å². The third-order valence-corrected chi connectivity index (χ3v) is 4.58. The summed E-state index contributed by atoms with van der Waals surface area (Å²) in [5.74, 6) is -0.838. The van der Waals surface area contributed by atoms with Crippen LogP contribution in [0.4, 0.5) is 35.0 Å². The lowest BCUT2D eigenvalue weighted by atomic mass is 10.1. The van der Waals surface area contributed by atoms with Gasteiger partial charge in [-0.05, 0) is 55.5 Å². The van der Waals surface area contributed by atoms with Crippen molar-refractivity contribution in [1.29, 1.82) is 0 Å². The highest BCUT2D eigenvalue weighted by Crippen LogP contribution is 2.30. The molecular weight excluding hydrogens is 479 g/mol. The lowest BCUT2D eigenvalue weighted by molar-refractivity contribution is -0.137. The molecule has 0 aromatic heterocycles. The van der Waals surface area contributed by atoms with Gasteiger partial charge in [0.1, 0.15) is 5.75 Å². The fraction of sp³-hybridized carbons (Fsp3) is 0.160. The molecule has 3 aromatic rings. The Morgan fingerprint density at radius 2 is 1.44 bits per heavy atom. The second-order valence-corrected chi connectivity index (χ2v) is 7.32. The van der Waals surface area contributed by atoms with Gasteiger partial charge in [0, 0.05) is 28.7 Å². The highest BCUT2D eigenvalue weighted by molar-refractivity contribution is 6.05. The Labute approximate surface area is 204 Å². The number of alkyl halides is 3. The molecule has 188 valence electrons. The number of hydrogen-bond acceptors (Lipinski definition) is 5. The van der Waals surface area contributed by atoms with Crippen molar-refractivity contribution in [3.63, 3.8) is 0 Å². The van der Waals surface area contributed by atoms with Gasteiger partial charge in [0.15, 0.2) is 6.61 Å². The average molecular weight is 501 g/mol. The largest absolute Gasteiger partial charge is 0.484 e. The molecule has 0 saturated carbocycles. The summed E-state index contributed by atoms with van der Waals surface area (Å²) in [6.45, 7) is 1.54.